The first-order valence-corrected chi connectivity index (χ1v) is 7.66. The van der Waals surface area contributed by atoms with E-state index >= 15 is 0 Å². The number of rotatable bonds is 4. The van der Waals surface area contributed by atoms with E-state index in [4.69, 9.17) is 11.6 Å². The van der Waals surface area contributed by atoms with Crippen LogP contribution in [0.1, 0.15) is 23.1 Å². The van der Waals surface area contributed by atoms with Gasteiger partial charge in [-0.15, -0.1) is 0 Å². The maximum atomic E-state index is 12.0. The Hall–Kier alpha value is -2.33. The Balaban J connectivity index is 1.95. The molecule has 2 amide bonds. The van der Waals surface area contributed by atoms with Crippen LogP contribution in [0, 0.1) is 20.8 Å². The molecule has 23 heavy (non-hydrogen) atoms. The van der Waals surface area contributed by atoms with E-state index in [1.165, 1.54) is 0 Å². The van der Waals surface area contributed by atoms with Crippen molar-refractivity contribution in [1.29, 1.82) is 0 Å². The summed E-state index contributed by atoms with van der Waals surface area (Å²) in [6.07, 6.45) is -0.251. The summed E-state index contributed by atoms with van der Waals surface area (Å²) in [5.41, 5.74) is 4.22. The standard InChI is InChI=1S/C18H19ClN2O2/c1-11-4-5-13(3)16(8-11)21-18(23)10-17(22)20-14-7-6-12(2)15(19)9-14/h4-9H,10H2,1-3H3,(H,20,22)(H,21,23). The van der Waals surface area contributed by atoms with Crippen molar-refractivity contribution >= 4 is 34.8 Å². The molecule has 0 fully saturated rings. The van der Waals surface area contributed by atoms with Crippen LogP contribution in [0.25, 0.3) is 0 Å². The number of carbonyl (C=O) groups is 2. The molecule has 2 N–H and O–H groups in total. The van der Waals surface area contributed by atoms with Crippen molar-refractivity contribution in [2.75, 3.05) is 10.6 Å². The molecule has 5 heteroatoms. The van der Waals surface area contributed by atoms with Gasteiger partial charge in [-0.25, -0.2) is 0 Å². The van der Waals surface area contributed by atoms with Crippen LogP contribution in [-0.4, -0.2) is 11.8 Å². The van der Waals surface area contributed by atoms with Crippen molar-refractivity contribution in [3.63, 3.8) is 0 Å². The second kappa shape index (κ2) is 7.29. The van der Waals surface area contributed by atoms with Gasteiger partial charge in [0.05, 0.1) is 0 Å². The predicted molar refractivity (Wildman–Crippen MR) is 94.0 cm³/mol. The second-order valence-electron chi connectivity index (χ2n) is 5.56. The van der Waals surface area contributed by atoms with Gasteiger partial charge in [0.1, 0.15) is 6.42 Å². The fraction of sp³-hybridized carbons (Fsp3) is 0.222. The van der Waals surface area contributed by atoms with Gasteiger partial charge in [0.2, 0.25) is 11.8 Å². The Bertz CT molecular complexity index is 757. The maximum absolute atomic E-state index is 12.0. The predicted octanol–water partition coefficient (Wildman–Crippen LogP) is 4.23. The van der Waals surface area contributed by atoms with E-state index in [0.29, 0.717) is 10.7 Å². The van der Waals surface area contributed by atoms with Crippen molar-refractivity contribution < 1.29 is 9.59 Å². The van der Waals surface area contributed by atoms with Crippen LogP contribution in [0.15, 0.2) is 36.4 Å². The molecular weight excluding hydrogens is 312 g/mol. The summed E-state index contributed by atoms with van der Waals surface area (Å²) in [6.45, 7) is 5.73. The lowest BCUT2D eigenvalue weighted by Gasteiger charge is -2.10. The van der Waals surface area contributed by atoms with Crippen molar-refractivity contribution in [3.05, 3.63) is 58.1 Å². The summed E-state index contributed by atoms with van der Waals surface area (Å²) in [7, 11) is 0. The zero-order valence-corrected chi connectivity index (χ0v) is 14.1. The summed E-state index contributed by atoms with van der Waals surface area (Å²) in [5.74, 6) is -0.734. The fourth-order valence-corrected chi connectivity index (χ4v) is 2.27. The Labute approximate surface area is 140 Å². The number of nitrogens with one attached hydrogen (secondary N) is 2. The molecule has 0 saturated heterocycles. The second-order valence-corrected chi connectivity index (χ2v) is 5.96. The highest BCUT2D eigenvalue weighted by molar-refractivity contribution is 6.31. The number of amides is 2. The molecule has 0 aliphatic carbocycles. The zero-order valence-electron chi connectivity index (χ0n) is 13.4. The lowest BCUT2D eigenvalue weighted by Crippen LogP contribution is -2.21. The SMILES string of the molecule is Cc1ccc(C)c(NC(=O)CC(=O)Nc2ccc(C)c(Cl)c2)c1. The van der Waals surface area contributed by atoms with Gasteiger partial charge in [0, 0.05) is 16.4 Å². The van der Waals surface area contributed by atoms with Crippen LogP contribution in [0.3, 0.4) is 0 Å². The molecule has 4 nitrogen and oxygen atoms in total. The monoisotopic (exact) mass is 330 g/mol. The van der Waals surface area contributed by atoms with E-state index < -0.39 is 0 Å². The van der Waals surface area contributed by atoms with Gasteiger partial charge in [-0.05, 0) is 55.7 Å². The van der Waals surface area contributed by atoms with Crippen molar-refractivity contribution in [3.8, 4) is 0 Å². The molecule has 0 bridgehead atoms. The van der Waals surface area contributed by atoms with Gasteiger partial charge in [-0.3, -0.25) is 9.59 Å². The number of carbonyl (C=O) groups excluding carboxylic acids is 2. The minimum Gasteiger partial charge on any atom is -0.326 e. The highest BCUT2D eigenvalue weighted by Crippen LogP contribution is 2.20. The van der Waals surface area contributed by atoms with Gasteiger partial charge >= 0.3 is 0 Å². The topological polar surface area (TPSA) is 58.2 Å². The number of hydrogen-bond acceptors (Lipinski definition) is 2. The molecule has 0 unspecified atom stereocenters. The highest BCUT2D eigenvalue weighted by atomic mass is 35.5. The number of aryl methyl sites for hydroxylation is 3. The summed E-state index contributed by atoms with van der Waals surface area (Å²) in [6, 6.07) is 11.0. The first kappa shape index (κ1) is 17.0. The zero-order chi connectivity index (χ0) is 17.0. The molecule has 2 aromatic rings. The molecule has 0 saturated carbocycles. The average Bonchev–Trinajstić information content (AvgIpc) is 2.46. The number of benzene rings is 2. The van der Waals surface area contributed by atoms with Gasteiger partial charge in [-0.2, -0.15) is 0 Å². The molecule has 2 rings (SSSR count). The van der Waals surface area contributed by atoms with Gasteiger partial charge in [0.25, 0.3) is 0 Å². The highest BCUT2D eigenvalue weighted by Gasteiger charge is 2.11. The molecule has 0 radical (unpaired) electrons. The molecule has 0 spiro atoms. The number of anilines is 2. The van der Waals surface area contributed by atoms with E-state index in [-0.39, 0.29) is 18.2 Å². The quantitative estimate of drug-likeness (QED) is 0.824. The fourth-order valence-electron chi connectivity index (χ4n) is 2.09. The summed E-state index contributed by atoms with van der Waals surface area (Å²) in [5, 5.41) is 6.00. The minimum absolute atomic E-state index is 0.251. The lowest BCUT2D eigenvalue weighted by atomic mass is 10.1. The molecule has 0 heterocycles. The van der Waals surface area contributed by atoms with E-state index in [1.54, 1.807) is 12.1 Å². The summed E-state index contributed by atoms with van der Waals surface area (Å²) < 4.78 is 0. The molecule has 120 valence electrons. The average molecular weight is 331 g/mol. The Morgan fingerprint density at radius 3 is 2.26 bits per heavy atom. The van der Waals surface area contributed by atoms with Crippen LogP contribution in [-0.2, 0) is 9.59 Å². The van der Waals surface area contributed by atoms with E-state index in [1.807, 2.05) is 45.0 Å². The Morgan fingerprint density at radius 2 is 1.57 bits per heavy atom. The van der Waals surface area contributed by atoms with Crippen LogP contribution in [0.4, 0.5) is 11.4 Å². The van der Waals surface area contributed by atoms with E-state index in [9.17, 15) is 9.59 Å². The van der Waals surface area contributed by atoms with E-state index in [2.05, 4.69) is 10.6 Å². The molecule has 0 aliphatic rings. The molecule has 0 atom stereocenters. The van der Waals surface area contributed by atoms with Crippen LogP contribution < -0.4 is 10.6 Å². The third-order valence-electron chi connectivity index (χ3n) is 3.44. The molecule has 0 aromatic heterocycles. The summed E-state index contributed by atoms with van der Waals surface area (Å²) >= 11 is 6.01. The minimum atomic E-state index is -0.382. The van der Waals surface area contributed by atoms with Gasteiger partial charge in [-0.1, -0.05) is 29.8 Å². The smallest absolute Gasteiger partial charge is 0.233 e. The van der Waals surface area contributed by atoms with Gasteiger partial charge < -0.3 is 10.6 Å². The van der Waals surface area contributed by atoms with Crippen molar-refractivity contribution in [2.45, 2.75) is 27.2 Å². The van der Waals surface area contributed by atoms with Crippen molar-refractivity contribution in [2.24, 2.45) is 0 Å². The first-order chi connectivity index (χ1) is 10.8. The number of hydrogen-bond donors (Lipinski definition) is 2. The van der Waals surface area contributed by atoms with Gasteiger partial charge in [0.15, 0.2) is 0 Å². The normalized spacial score (nSPS) is 10.3. The van der Waals surface area contributed by atoms with Crippen LogP contribution in [0.5, 0.6) is 0 Å². The van der Waals surface area contributed by atoms with Crippen LogP contribution in [0.2, 0.25) is 5.02 Å². The first-order valence-electron chi connectivity index (χ1n) is 7.28. The maximum Gasteiger partial charge on any atom is 0.233 e. The molecule has 0 aliphatic heterocycles. The van der Waals surface area contributed by atoms with Crippen molar-refractivity contribution in [1.82, 2.24) is 0 Å². The summed E-state index contributed by atoms with van der Waals surface area (Å²) in [4.78, 5) is 23.9. The molecular formula is C18H19ClN2O2. The van der Waals surface area contributed by atoms with Crippen LogP contribution >= 0.6 is 11.6 Å². The lowest BCUT2D eigenvalue weighted by molar-refractivity contribution is -0.123. The third kappa shape index (κ3) is 4.83. The third-order valence-corrected chi connectivity index (χ3v) is 3.85. The van der Waals surface area contributed by atoms with E-state index in [0.717, 1.165) is 22.4 Å². The molecule has 2 aromatic carbocycles. The number of halogens is 1. The Morgan fingerprint density at radius 1 is 0.913 bits per heavy atom. The Kier molecular flexibility index (Phi) is 5.40. The largest absolute Gasteiger partial charge is 0.326 e.